The van der Waals surface area contributed by atoms with Crippen molar-refractivity contribution >= 4 is 28.5 Å². The van der Waals surface area contributed by atoms with E-state index in [2.05, 4.69) is 46.2 Å². The number of aryl methyl sites for hydroxylation is 1. The smallest absolute Gasteiger partial charge is 0.309 e. The van der Waals surface area contributed by atoms with Crippen molar-refractivity contribution in [1.29, 1.82) is 0 Å². The van der Waals surface area contributed by atoms with E-state index >= 15 is 0 Å². The number of esters is 1. The number of aromatic nitrogens is 2. The Morgan fingerprint density at radius 2 is 1.72 bits per heavy atom. The average molecular weight is 599 g/mol. The van der Waals surface area contributed by atoms with Crippen LogP contribution in [0.3, 0.4) is 0 Å². The van der Waals surface area contributed by atoms with Crippen LogP contribution in [0, 0.1) is 6.92 Å². The number of rotatable bonds is 5. The van der Waals surface area contributed by atoms with Gasteiger partial charge in [0, 0.05) is 55.2 Å². The molecular weight excluding hydrogens is 564 g/mol. The summed E-state index contributed by atoms with van der Waals surface area (Å²) in [5.74, 6) is -0.509. The first-order valence-electron chi connectivity index (χ1n) is 15.0. The van der Waals surface area contributed by atoms with Crippen molar-refractivity contribution in [3.63, 3.8) is 0 Å². The van der Waals surface area contributed by atoms with Gasteiger partial charge in [-0.05, 0) is 53.8 Å². The van der Waals surface area contributed by atoms with Gasteiger partial charge in [0.2, 0.25) is 0 Å². The Hall–Kier alpha value is -3.56. The van der Waals surface area contributed by atoms with Gasteiger partial charge in [-0.2, -0.15) is 0 Å². The van der Waals surface area contributed by atoms with Gasteiger partial charge < -0.3 is 14.4 Å². The van der Waals surface area contributed by atoms with Gasteiger partial charge in [0.25, 0.3) is 5.56 Å². The molecule has 0 spiro atoms. The van der Waals surface area contributed by atoms with Gasteiger partial charge in [-0.1, -0.05) is 48.9 Å². The fourth-order valence-electron chi connectivity index (χ4n) is 6.84. The first-order valence-corrected chi connectivity index (χ1v) is 15.4. The lowest BCUT2D eigenvalue weighted by molar-refractivity contribution is -0.149. The number of hydrogen-bond acceptors (Lipinski definition) is 7. The number of pyridine rings is 2. The minimum atomic E-state index is -1.47. The quantitative estimate of drug-likeness (QED) is 0.292. The molecule has 1 N–H and O–H groups in total. The van der Waals surface area contributed by atoms with Crippen LogP contribution in [0.15, 0.2) is 53.3 Å². The number of ether oxygens (including phenoxy) is 1. The zero-order chi connectivity index (χ0) is 29.9. The fourth-order valence-corrected chi connectivity index (χ4v) is 7.00. The third-order valence-corrected chi connectivity index (χ3v) is 9.85. The van der Waals surface area contributed by atoms with E-state index in [4.69, 9.17) is 21.3 Å². The number of fused-ring (bicyclic) bond motifs is 5. The molecule has 7 rings (SSSR count). The van der Waals surface area contributed by atoms with Gasteiger partial charge in [0.15, 0.2) is 0 Å². The highest BCUT2D eigenvalue weighted by Crippen LogP contribution is 2.41. The van der Waals surface area contributed by atoms with E-state index in [0.29, 0.717) is 28.4 Å². The molecule has 3 aliphatic heterocycles. The van der Waals surface area contributed by atoms with Crippen LogP contribution in [0.5, 0.6) is 0 Å². The number of carbonyl (C=O) groups excluding carboxylic acids is 1. The second-order valence-corrected chi connectivity index (χ2v) is 12.5. The summed E-state index contributed by atoms with van der Waals surface area (Å²) >= 11 is 6.58. The Kier molecular flexibility index (Phi) is 7.13. The van der Waals surface area contributed by atoms with Gasteiger partial charge in [0.1, 0.15) is 12.2 Å². The molecule has 0 amide bonds. The third kappa shape index (κ3) is 4.96. The van der Waals surface area contributed by atoms with Gasteiger partial charge in [-0.15, -0.1) is 0 Å². The molecule has 0 saturated carbocycles. The molecule has 1 atom stereocenters. The number of cyclic esters (lactones) is 1. The molecule has 2 aromatic heterocycles. The van der Waals surface area contributed by atoms with E-state index in [1.165, 1.54) is 5.56 Å². The number of nitrogens with zero attached hydrogens (tertiary/aromatic N) is 4. The molecule has 2 aromatic carbocycles. The molecule has 1 unspecified atom stereocenters. The number of hydrogen-bond donors (Lipinski definition) is 1. The normalized spacial score (nSPS) is 20.4. The summed E-state index contributed by atoms with van der Waals surface area (Å²) in [6.07, 6.45) is 0.0974. The molecule has 1 fully saturated rings. The van der Waals surface area contributed by atoms with Crippen molar-refractivity contribution in [2.45, 2.75) is 58.5 Å². The van der Waals surface area contributed by atoms with Crippen LogP contribution in [0.1, 0.15) is 53.1 Å². The molecule has 43 heavy (non-hydrogen) atoms. The van der Waals surface area contributed by atoms with E-state index in [1.54, 1.807) is 4.57 Å². The Morgan fingerprint density at radius 1 is 1.00 bits per heavy atom. The number of halogens is 1. The van der Waals surface area contributed by atoms with E-state index < -0.39 is 11.6 Å². The SMILES string of the molecule is CCC1(O)CC(=O)OCc2c1cc1n(c2=O)Cc2c-1nc1cc(Cl)c(C)cc1c2CN1CCN(Cc2ccccc2)CC1. The Bertz CT molecular complexity index is 1810. The van der Waals surface area contributed by atoms with Crippen molar-refractivity contribution in [1.82, 2.24) is 19.4 Å². The molecule has 1 saturated heterocycles. The summed E-state index contributed by atoms with van der Waals surface area (Å²) in [6.45, 7) is 9.57. The zero-order valence-corrected chi connectivity index (χ0v) is 25.3. The molecular formula is C34H35ClN4O4. The average Bonchev–Trinajstić information content (AvgIpc) is 3.31. The lowest BCUT2D eigenvalue weighted by atomic mass is 9.85. The van der Waals surface area contributed by atoms with Crippen molar-refractivity contribution in [3.05, 3.63) is 97.3 Å². The number of piperazine rings is 1. The molecule has 0 bridgehead atoms. The predicted molar refractivity (Wildman–Crippen MR) is 166 cm³/mol. The standard InChI is InChI=1S/C34H35ClN4O4/c1-3-34(42)16-31(40)43-20-26-27(34)14-30-32-25(19-39(30)33(26)41)24(23-13-21(2)28(35)15-29(23)36-32)18-38-11-9-37(10-12-38)17-22-7-5-4-6-8-22/h4-8,13-15,42H,3,9-12,16-20H2,1-2H3. The maximum atomic E-state index is 13.9. The maximum Gasteiger partial charge on any atom is 0.309 e. The van der Waals surface area contributed by atoms with Gasteiger partial charge >= 0.3 is 5.97 Å². The van der Waals surface area contributed by atoms with Crippen LogP contribution < -0.4 is 5.56 Å². The van der Waals surface area contributed by atoms with E-state index in [-0.39, 0.29) is 25.0 Å². The number of benzene rings is 2. The predicted octanol–water partition coefficient (Wildman–Crippen LogP) is 4.75. The fraction of sp³-hybridized carbons (Fsp3) is 0.382. The van der Waals surface area contributed by atoms with Crippen LogP contribution in [-0.2, 0) is 41.4 Å². The molecule has 222 valence electrons. The van der Waals surface area contributed by atoms with Crippen LogP contribution in [0.2, 0.25) is 5.02 Å². The summed E-state index contributed by atoms with van der Waals surface area (Å²) in [6, 6.07) is 16.5. The molecule has 0 aliphatic carbocycles. The Morgan fingerprint density at radius 3 is 2.44 bits per heavy atom. The molecule has 4 aromatic rings. The summed E-state index contributed by atoms with van der Waals surface area (Å²) in [5.41, 5.74) is 5.76. The van der Waals surface area contributed by atoms with Gasteiger partial charge in [-0.3, -0.25) is 19.4 Å². The summed E-state index contributed by atoms with van der Waals surface area (Å²) in [7, 11) is 0. The molecule has 0 radical (unpaired) electrons. The van der Waals surface area contributed by atoms with Crippen LogP contribution in [0.4, 0.5) is 0 Å². The molecule has 9 heteroatoms. The van der Waals surface area contributed by atoms with Crippen molar-refractivity contribution in [2.24, 2.45) is 0 Å². The van der Waals surface area contributed by atoms with E-state index in [9.17, 15) is 14.7 Å². The second kappa shape index (κ2) is 10.9. The van der Waals surface area contributed by atoms with Crippen molar-refractivity contribution in [3.8, 4) is 11.4 Å². The summed E-state index contributed by atoms with van der Waals surface area (Å²) in [4.78, 5) is 36.3. The summed E-state index contributed by atoms with van der Waals surface area (Å²) in [5, 5.41) is 13.2. The van der Waals surface area contributed by atoms with Crippen LogP contribution in [0.25, 0.3) is 22.3 Å². The van der Waals surface area contributed by atoms with Crippen molar-refractivity contribution < 1.29 is 14.6 Å². The minimum absolute atomic E-state index is 0.143. The maximum absolute atomic E-state index is 13.9. The molecule has 5 heterocycles. The summed E-state index contributed by atoms with van der Waals surface area (Å²) < 4.78 is 7.07. The molecule has 8 nitrogen and oxygen atoms in total. The highest BCUT2D eigenvalue weighted by molar-refractivity contribution is 6.32. The second-order valence-electron chi connectivity index (χ2n) is 12.1. The lowest BCUT2D eigenvalue weighted by Gasteiger charge is -2.35. The lowest BCUT2D eigenvalue weighted by Crippen LogP contribution is -2.45. The Balaban J connectivity index is 1.28. The van der Waals surface area contributed by atoms with E-state index in [1.807, 2.05) is 26.0 Å². The van der Waals surface area contributed by atoms with E-state index in [0.717, 1.165) is 72.6 Å². The van der Waals surface area contributed by atoms with Gasteiger partial charge in [0.05, 0.1) is 35.4 Å². The Labute approximate surface area is 255 Å². The third-order valence-electron chi connectivity index (χ3n) is 9.44. The first-order chi connectivity index (χ1) is 20.7. The number of aliphatic hydroxyl groups is 1. The topological polar surface area (TPSA) is 87.9 Å². The van der Waals surface area contributed by atoms with Crippen LogP contribution >= 0.6 is 11.6 Å². The number of carbonyl (C=O) groups is 1. The zero-order valence-electron chi connectivity index (χ0n) is 24.5. The van der Waals surface area contributed by atoms with Crippen molar-refractivity contribution in [2.75, 3.05) is 26.2 Å². The monoisotopic (exact) mass is 598 g/mol. The first kappa shape index (κ1) is 28.2. The highest BCUT2D eigenvalue weighted by atomic mass is 35.5. The highest BCUT2D eigenvalue weighted by Gasteiger charge is 2.40. The minimum Gasteiger partial charge on any atom is -0.460 e. The largest absolute Gasteiger partial charge is 0.460 e. The van der Waals surface area contributed by atoms with Gasteiger partial charge in [-0.25, -0.2) is 4.98 Å². The van der Waals surface area contributed by atoms with Crippen LogP contribution in [-0.4, -0.2) is 56.6 Å². The molecule has 3 aliphatic rings.